The van der Waals surface area contributed by atoms with Crippen LogP contribution in [0, 0.1) is 4.77 Å². The fraction of sp³-hybridized carbons (Fsp3) is 0.308. The van der Waals surface area contributed by atoms with Gasteiger partial charge in [0.15, 0.2) is 10.6 Å². The van der Waals surface area contributed by atoms with Crippen LogP contribution < -0.4 is 4.74 Å². The van der Waals surface area contributed by atoms with Crippen molar-refractivity contribution in [2.45, 2.75) is 6.54 Å². The van der Waals surface area contributed by atoms with Gasteiger partial charge in [-0.15, -0.1) is 0 Å². The molecule has 0 aliphatic rings. The van der Waals surface area contributed by atoms with E-state index in [0.717, 1.165) is 16.4 Å². The molecule has 1 aromatic heterocycles. The second kappa shape index (κ2) is 6.51. The lowest BCUT2D eigenvalue weighted by molar-refractivity contribution is -0.169. The summed E-state index contributed by atoms with van der Waals surface area (Å²) >= 11 is 5.17. The highest BCUT2D eigenvalue weighted by Crippen LogP contribution is 2.20. The Kier molecular flexibility index (Phi) is 4.71. The molecule has 0 radical (unpaired) electrons. The number of aromatic amines is 1. The number of hydrogen-bond acceptors (Lipinski definition) is 5. The molecular weight excluding hydrogens is 292 g/mol. The van der Waals surface area contributed by atoms with Crippen LogP contribution in [0.3, 0.4) is 0 Å². The Morgan fingerprint density at radius 1 is 1.38 bits per heavy atom. The predicted octanol–water partition coefficient (Wildman–Crippen LogP) is 1.64. The van der Waals surface area contributed by atoms with E-state index in [0.29, 0.717) is 10.6 Å². The molecule has 1 N–H and O–H groups in total. The molecule has 7 nitrogen and oxygen atoms in total. The van der Waals surface area contributed by atoms with Gasteiger partial charge in [-0.3, -0.25) is 19.3 Å². The average Bonchev–Trinajstić information content (AvgIpc) is 2.87. The maximum absolute atomic E-state index is 11.9. The number of H-pyrrole nitrogens is 1. The minimum absolute atomic E-state index is 0.0427. The quantitative estimate of drug-likeness (QED) is 0.671. The van der Waals surface area contributed by atoms with Crippen molar-refractivity contribution in [3.63, 3.8) is 0 Å². The summed E-state index contributed by atoms with van der Waals surface area (Å²) < 4.78 is 7.11. The molecule has 0 saturated carbocycles. The summed E-state index contributed by atoms with van der Waals surface area (Å²) in [6, 6.07) is 7.34. The summed E-state index contributed by atoms with van der Waals surface area (Å²) in [5, 5.41) is 8.02. The largest absolute Gasteiger partial charge is 0.497 e. The van der Waals surface area contributed by atoms with Crippen LogP contribution in [0.15, 0.2) is 24.3 Å². The molecule has 0 spiro atoms. The number of amides is 1. The van der Waals surface area contributed by atoms with Crippen molar-refractivity contribution in [1.29, 1.82) is 0 Å². The van der Waals surface area contributed by atoms with Gasteiger partial charge in [0.2, 0.25) is 0 Å². The fourth-order valence-corrected chi connectivity index (χ4v) is 1.96. The first kappa shape index (κ1) is 15.2. The number of hydroxylamine groups is 2. The van der Waals surface area contributed by atoms with Crippen molar-refractivity contribution < 1.29 is 14.4 Å². The molecule has 0 aliphatic carbocycles. The summed E-state index contributed by atoms with van der Waals surface area (Å²) in [5.74, 6) is 1.10. The highest BCUT2D eigenvalue weighted by Gasteiger charge is 2.15. The van der Waals surface area contributed by atoms with Crippen molar-refractivity contribution in [2.24, 2.45) is 0 Å². The lowest BCUT2D eigenvalue weighted by Gasteiger charge is -2.14. The highest BCUT2D eigenvalue weighted by atomic mass is 32.1. The number of rotatable bonds is 5. The number of likely N-dealkylation sites (N-methyl/N-ethyl adjacent to an activating group) is 1. The van der Waals surface area contributed by atoms with Gasteiger partial charge in [0.25, 0.3) is 5.91 Å². The molecule has 0 bridgehead atoms. The van der Waals surface area contributed by atoms with E-state index in [9.17, 15) is 4.79 Å². The number of nitrogens with zero attached hydrogens (tertiary/aromatic N) is 3. The Labute approximate surface area is 127 Å². The average molecular weight is 308 g/mol. The summed E-state index contributed by atoms with van der Waals surface area (Å²) in [6.07, 6.45) is 0. The Hall–Kier alpha value is -2.19. The fourth-order valence-electron chi connectivity index (χ4n) is 1.76. The minimum Gasteiger partial charge on any atom is -0.497 e. The summed E-state index contributed by atoms with van der Waals surface area (Å²) in [5.41, 5.74) is 0.830. The van der Waals surface area contributed by atoms with Crippen molar-refractivity contribution >= 4 is 18.1 Å². The highest BCUT2D eigenvalue weighted by molar-refractivity contribution is 7.71. The Morgan fingerprint density at radius 2 is 2.05 bits per heavy atom. The third-order valence-electron chi connectivity index (χ3n) is 3.02. The maximum Gasteiger partial charge on any atom is 0.265 e. The lowest BCUT2D eigenvalue weighted by atomic mass is 10.2. The molecule has 0 aliphatic heterocycles. The van der Waals surface area contributed by atoms with Gasteiger partial charge in [-0.2, -0.15) is 5.10 Å². The zero-order valence-corrected chi connectivity index (χ0v) is 12.8. The van der Waals surface area contributed by atoms with Gasteiger partial charge in [-0.05, 0) is 36.5 Å². The molecule has 0 atom stereocenters. The third kappa shape index (κ3) is 3.29. The smallest absolute Gasteiger partial charge is 0.265 e. The maximum atomic E-state index is 11.9. The van der Waals surface area contributed by atoms with Crippen molar-refractivity contribution in [1.82, 2.24) is 19.8 Å². The standard InChI is InChI=1S/C13H16N4O3S/c1-16(20-3)11(18)8-17-12(14-15-13(17)21)9-4-6-10(19-2)7-5-9/h4-7H,8H2,1-3H3,(H,15,21). The number of carbonyl (C=O) groups excluding carboxylic acids is 1. The van der Waals surface area contributed by atoms with E-state index in [1.165, 1.54) is 7.11 Å². The van der Waals surface area contributed by atoms with E-state index in [-0.39, 0.29) is 12.5 Å². The van der Waals surface area contributed by atoms with Crippen molar-refractivity contribution in [3.8, 4) is 17.1 Å². The van der Waals surface area contributed by atoms with E-state index < -0.39 is 0 Å². The molecule has 112 valence electrons. The van der Waals surface area contributed by atoms with Gasteiger partial charge in [-0.25, -0.2) is 5.06 Å². The monoisotopic (exact) mass is 308 g/mol. The second-order valence-electron chi connectivity index (χ2n) is 4.24. The first-order chi connectivity index (χ1) is 10.1. The van der Waals surface area contributed by atoms with E-state index in [4.69, 9.17) is 21.8 Å². The van der Waals surface area contributed by atoms with E-state index in [1.807, 2.05) is 24.3 Å². The third-order valence-corrected chi connectivity index (χ3v) is 3.34. The topological polar surface area (TPSA) is 72.4 Å². The van der Waals surface area contributed by atoms with Crippen molar-refractivity contribution in [2.75, 3.05) is 21.3 Å². The number of aromatic nitrogens is 3. The predicted molar refractivity (Wildman–Crippen MR) is 79.2 cm³/mol. The van der Waals surface area contributed by atoms with Gasteiger partial charge in [0, 0.05) is 12.6 Å². The SMILES string of the molecule is COc1ccc(-c2n[nH]c(=S)n2CC(=O)N(C)OC)cc1. The normalized spacial score (nSPS) is 10.4. The molecule has 2 aromatic rings. The van der Waals surface area contributed by atoms with Crippen LogP contribution in [-0.4, -0.2) is 47.0 Å². The Balaban J connectivity index is 2.33. The van der Waals surface area contributed by atoms with Gasteiger partial charge in [0.1, 0.15) is 12.3 Å². The number of nitrogens with one attached hydrogen (secondary N) is 1. The molecule has 1 heterocycles. The molecule has 0 fully saturated rings. The van der Waals surface area contributed by atoms with Crippen LogP contribution in [0.2, 0.25) is 0 Å². The zero-order chi connectivity index (χ0) is 15.4. The molecule has 21 heavy (non-hydrogen) atoms. The molecule has 0 saturated heterocycles. The molecule has 2 rings (SSSR count). The lowest BCUT2D eigenvalue weighted by Crippen LogP contribution is -2.29. The zero-order valence-electron chi connectivity index (χ0n) is 12.0. The number of hydrogen-bond donors (Lipinski definition) is 1. The number of benzene rings is 1. The second-order valence-corrected chi connectivity index (χ2v) is 4.63. The minimum atomic E-state index is -0.232. The molecular formula is C13H16N4O3S. The molecule has 1 amide bonds. The van der Waals surface area contributed by atoms with Crippen molar-refractivity contribution in [3.05, 3.63) is 29.0 Å². The Bertz CT molecular complexity index is 677. The van der Waals surface area contributed by atoms with Crippen LogP contribution in [0.5, 0.6) is 5.75 Å². The molecule has 1 aromatic carbocycles. The van der Waals surface area contributed by atoms with E-state index in [2.05, 4.69) is 10.2 Å². The first-order valence-electron chi connectivity index (χ1n) is 6.17. The van der Waals surface area contributed by atoms with Gasteiger partial charge in [-0.1, -0.05) is 0 Å². The first-order valence-corrected chi connectivity index (χ1v) is 6.58. The molecule has 0 unspecified atom stereocenters. The Morgan fingerprint density at radius 3 is 2.62 bits per heavy atom. The summed E-state index contributed by atoms with van der Waals surface area (Å²) in [6.45, 7) is 0.0427. The van der Waals surface area contributed by atoms with Crippen LogP contribution >= 0.6 is 12.2 Å². The van der Waals surface area contributed by atoms with Crippen LogP contribution in [0.25, 0.3) is 11.4 Å². The summed E-state index contributed by atoms with van der Waals surface area (Å²) in [4.78, 5) is 16.8. The number of methoxy groups -OCH3 is 1. The summed E-state index contributed by atoms with van der Waals surface area (Å²) in [7, 11) is 4.57. The van der Waals surface area contributed by atoms with Gasteiger partial charge in [0.05, 0.1) is 14.2 Å². The van der Waals surface area contributed by atoms with E-state index >= 15 is 0 Å². The van der Waals surface area contributed by atoms with Crippen LogP contribution in [-0.2, 0) is 16.2 Å². The number of carbonyl (C=O) groups is 1. The van der Waals surface area contributed by atoms with Crippen LogP contribution in [0.1, 0.15) is 0 Å². The van der Waals surface area contributed by atoms with Gasteiger partial charge >= 0.3 is 0 Å². The molecule has 8 heteroatoms. The number of ether oxygens (including phenoxy) is 1. The van der Waals surface area contributed by atoms with E-state index in [1.54, 1.807) is 18.7 Å². The van der Waals surface area contributed by atoms with Crippen LogP contribution in [0.4, 0.5) is 0 Å². The van der Waals surface area contributed by atoms with Gasteiger partial charge < -0.3 is 4.74 Å².